The molecule has 2 aromatic rings. The predicted octanol–water partition coefficient (Wildman–Crippen LogP) is 2.56. The number of likely N-dealkylation sites (tertiary alicyclic amines) is 1. The van der Waals surface area contributed by atoms with Crippen molar-refractivity contribution >= 4 is 17.8 Å². The summed E-state index contributed by atoms with van der Waals surface area (Å²) in [5.74, 6) is -0.827. The summed E-state index contributed by atoms with van der Waals surface area (Å²) in [4.78, 5) is 42.0. The Hall–Kier alpha value is -2.96. The minimum absolute atomic E-state index is 0.144. The molecule has 2 aliphatic rings. The lowest BCUT2D eigenvalue weighted by Gasteiger charge is -2.19. The summed E-state index contributed by atoms with van der Waals surface area (Å²) in [5.41, 5.74) is 0.874. The molecule has 1 aromatic carbocycles. The topological polar surface area (TPSA) is 89.7 Å². The zero-order valence-corrected chi connectivity index (χ0v) is 14.8. The monoisotopic (exact) mass is 368 g/mol. The number of aromatic nitrogens is 1. The van der Waals surface area contributed by atoms with Crippen molar-refractivity contribution in [3.8, 4) is 11.3 Å². The van der Waals surface area contributed by atoms with Crippen LogP contribution in [0.15, 0.2) is 40.9 Å². The van der Waals surface area contributed by atoms with Gasteiger partial charge < -0.3 is 9.15 Å². The van der Waals surface area contributed by atoms with Gasteiger partial charge >= 0.3 is 5.97 Å². The van der Waals surface area contributed by atoms with E-state index in [1.807, 2.05) is 30.3 Å². The van der Waals surface area contributed by atoms with Gasteiger partial charge in [0.15, 0.2) is 12.4 Å². The number of carbonyl (C=O) groups is 3. The number of ether oxygens (including phenoxy) is 1. The fourth-order valence-electron chi connectivity index (χ4n) is 3.82. The molecule has 7 nitrogen and oxygen atoms in total. The van der Waals surface area contributed by atoms with E-state index >= 15 is 0 Å². The first-order valence-electron chi connectivity index (χ1n) is 9.14. The van der Waals surface area contributed by atoms with Crippen LogP contribution >= 0.6 is 0 Å². The normalized spacial score (nSPS) is 22.0. The SMILES string of the molecule is O=C(CN1C(=O)[C@@H]2CCCC[C@H]2C1=O)OCc1ncc(-c2ccccc2)o1. The Balaban J connectivity index is 1.33. The molecule has 27 heavy (non-hydrogen) atoms. The molecule has 7 heteroatoms. The van der Waals surface area contributed by atoms with Gasteiger partial charge in [-0.3, -0.25) is 19.3 Å². The highest BCUT2D eigenvalue weighted by atomic mass is 16.5. The van der Waals surface area contributed by atoms with Crippen LogP contribution in [0.1, 0.15) is 31.6 Å². The lowest BCUT2D eigenvalue weighted by atomic mass is 9.81. The van der Waals surface area contributed by atoms with E-state index in [0.717, 1.165) is 36.1 Å². The molecule has 1 aromatic heterocycles. The summed E-state index contributed by atoms with van der Waals surface area (Å²) in [6.07, 6.45) is 4.91. The third kappa shape index (κ3) is 3.49. The Bertz CT molecular complexity index is 836. The minimum Gasteiger partial charge on any atom is -0.454 e. The molecule has 0 unspecified atom stereocenters. The number of nitrogens with zero attached hydrogens (tertiary/aromatic N) is 2. The number of oxazole rings is 1. The highest BCUT2D eigenvalue weighted by Gasteiger charge is 2.48. The van der Waals surface area contributed by atoms with Crippen molar-refractivity contribution in [2.45, 2.75) is 32.3 Å². The zero-order valence-electron chi connectivity index (χ0n) is 14.8. The Morgan fingerprint density at radius 2 is 1.78 bits per heavy atom. The molecule has 2 amide bonds. The Morgan fingerprint density at radius 1 is 1.11 bits per heavy atom. The largest absolute Gasteiger partial charge is 0.454 e. The Kier molecular flexibility index (Phi) is 4.75. The Labute approximate surface area is 156 Å². The molecule has 2 atom stereocenters. The van der Waals surface area contributed by atoms with Crippen LogP contribution in [0, 0.1) is 11.8 Å². The molecule has 4 rings (SSSR count). The average molecular weight is 368 g/mol. The summed E-state index contributed by atoms with van der Waals surface area (Å²) in [7, 11) is 0. The van der Waals surface area contributed by atoms with E-state index in [9.17, 15) is 14.4 Å². The zero-order chi connectivity index (χ0) is 18.8. The highest BCUT2D eigenvalue weighted by Crippen LogP contribution is 2.37. The van der Waals surface area contributed by atoms with Crippen molar-refractivity contribution in [1.82, 2.24) is 9.88 Å². The molecule has 1 saturated carbocycles. The molecule has 140 valence electrons. The van der Waals surface area contributed by atoms with Crippen molar-refractivity contribution in [2.24, 2.45) is 11.8 Å². The summed E-state index contributed by atoms with van der Waals surface area (Å²) in [6, 6.07) is 9.46. The summed E-state index contributed by atoms with van der Waals surface area (Å²) >= 11 is 0. The first-order chi connectivity index (χ1) is 13.1. The van der Waals surface area contributed by atoms with Gasteiger partial charge in [-0.25, -0.2) is 4.98 Å². The number of imide groups is 1. The van der Waals surface area contributed by atoms with Crippen LogP contribution in [0.2, 0.25) is 0 Å². The first kappa shape index (κ1) is 17.5. The van der Waals surface area contributed by atoms with Crippen LogP contribution in [0.5, 0.6) is 0 Å². The number of hydrogen-bond donors (Lipinski definition) is 0. The smallest absolute Gasteiger partial charge is 0.326 e. The highest BCUT2D eigenvalue weighted by molar-refractivity contribution is 6.07. The van der Waals surface area contributed by atoms with Gasteiger partial charge in [0.25, 0.3) is 0 Å². The van der Waals surface area contributed by atoms with Crippen molar-refractivity contribution in [1.29, 1.82) is 0 Å². The maximum atomic E-state index is 12.4. The summed E-state index contributed by atoms with van der Waals surface area (Å²) in [5, 5.41) is 0. The minimum atomic E-state index is -0.644. The molecule has 1 saturated heterocycles. The average Bonchev–Trinajstić information content (AvgIpc) is 3.27. The van der Waals surface area contributed by atoms with E-state index in [1.54, 1.807) is 6.20 Å². The van der Waals surface area contributed by atoms with Gasteiger partial charge in [-0.05, 0) is 12.8 Å². The standard InChI is InChI=1S/C20H20N2O5/c23-18(11-22-19(24)14-8-4-5-9-15(14)20(22)25)26-12-17-21-10-16(27-17)13-6-2-1-3-7-13/h1-3,6-7,10,14-15H,4-5,8-9,11-12H2/t14-,15-/m1/s1. The number of hydrogen-bond acceptors (Lipinski definition) is 6. The van der Waals surface area contributed by atoms with Crippen LogP contribution in [-0.2, 0) is 25.7 Å². The molecular formula is C20H20N2O5. The van der Waals surface area contributed by atoms with Gasteiger partial charge in [0.2, 0.25) is 17.7 Å². The number of carbonyl (C=O) groups excluding carboxylic acids is 3. The van der Waals surface area contributed by atoms with E-state index < -0.39 is 5.97 Å². The van der Waals surface area contributed by atoms with Gasteiger partial charge in [-0.2, -0.15) is 0 Å². The summed E-state index contributed by atoms with van der Waals surface area (Å²) in [6.45, 7) is -0.494. The molecule has 1 aliphatic carbocycles. The summed E-state index contributed by atoms with van der Waals surface area (Å²) < 4.78 is 10.7. The maximum Gasteiger partial charge on any atom is 0.326 e. The third-order valence-electron chi connectivity index (χ3n) is 5.19. The van der Waals surface area contributed by atoms with Crippen molar-refractivity contribution in [2.75, 3.05) is 6.54 Å². The molecule has 1 aliphatic heterocycles. The number of benzene rings is 1. The van der Waals surface area contributed by atoms with Crippen LogP contribution < -0.4 is 0 Å². The number of amides is 2. The first-order valence-corrected chi connectivity index (χ1v) is 9.14. The van der Waals surface area contributed by atoms with E-state index in [2.05, 4.69) is 4.98 Å². The van der Waals surface area contributed by atoms with Crippen LogP contribution in [0.3, 0.4) is 0 Å². The molecule has 2 fully saturated rings. The van der Waals surface area contributed by atoms with Crippen molar-refractivity contribution in [3.63, 3.8) is 0 Å². The van der Waals surface area contributed by atoms with E-state index in [0.29, 0.717) is 5.76 Å². The van der Waals surface area contributed by atoms with E-state index in [1.165, 1.54) is 0 Å². The molecule has 0 spiro atoms. The maximum absolute atomic E-state index is 12.4. The van der Waals surface area contributed by atoms with Gasteiger partial charge in [0, 0.05) is 5.56 Å². The second-order valence-corrected chi connectivity index (χ2v) is 6.91. The van der Waals surface area contributed by atoms with Crippen LogP contribution in [-0.4, -0.2) is 34.2 Å². The fourth-order valence-corrected chi connectivity index (χ4v) is 3.82. The number of fused-ring (bicyclic) bond motifs is 1. The van der Waals surface area contributed by atoms with Gasteiger partial charge in [-0.15, -0.1) is 0 Å². The number of rotatable bonds is 5. The second-order valence-electron chi connectivity index (χ2n) is 6.91. The predicted molar refractivity (Wildman–Crippen MR) is 93.9 cm³/mol. The van der Waals surface area contributed by atoms with Crippen molar-refractivity contribution in [3.05, 3.63) is 42.4 Å². The lowest BCUT2D eigenvalue weighted by Crippen LogP contribution is -2.36. The molecule has 0 radical (unpaired) electrons. The van der Waals surface area contributed by atoms with Crippen LogP contribution in [0.25, 0.3) is 11.3 Å². The number of esters is 1. The lowest BCUT2D eigenvalue weighted by molar-refractivity contribution is -0.154. The van der Waals surface area contributed by atoms with Gasteiger partial charge in [0.05, 0.1) is 18.0 Å². The van der Waals surface area contributed by atoms with Gasteiger partial charge in [-0.1, -0.05) is 43.2 Å². The fraction of sp³-hybridized carbons (Fsp3) is 0.400. The molecular weight excluding hydrogens is 348 g/mol. The Morgan fingerprint density at radius 3 is 2.44 bits per heavy atom. The van der Waals surface area contributed by atoms with Crippen molar-refractivity contribution < 1.29 is 23.5 Å². The quantitative estimate of drug-likeness (QED) is 0.595. The molecule has 2 heterocycles. The third-order valence-corrected chi connectivity index (χ3v) is 5.19. The molecule has 0 N–H and O–H groups in total. The van der Waals surface area contributed by atoms with Gasteiger partial charge in [0.1, 0.15) is 6.54 Å². The molecule has 0 bridgehead atoms. The second kappa shape index (κ2) is 7.34. The van der Waals surface area contributed by atoms with E-state index in [4.69, 9.17) is 9.15 Å². The van der Waals surface area contributed by atoms with E-state index in [-0.39, 0.29) is 42.7 Å². The van der Waals surface area contributed by atoms with Crippen LogP contribution in [0.4, 0.5) is 0 Å².